The molecule has 2 amide bonds. The smallest absolute Gasteiger partial charge is 0.369 e. The number of alkyl halides is 3. The number of urea groups is 1. The molecule has 1 aromatic carbocycles. The molecular weight excluding hydrogens is 349 g/mol. The number of rotatable bonds is 3. The maximum absolute atomic E-state index is 12.5. The fourth-order valence-corrected chi connectivity index (χ4v) is 2.46. The van der Waals surface area contributed by atoms with Crippen molar-refractivity contribution in [3.63, 3.8) is 0 Å². The van der Waals surface area contributed by atoms with Gasteiger partial charge in [0, 0.05) is 18.8 Å². The molecule has 1 aliphatic rings. The van der Waals surface area contributed by atoms with Gasteiger partial charge in [0.2, 0.25) is 0 Å². The average molecular weight is 366 g/mol. The molecule has 2 aromatic rings. The second-order valence-corrected chi connectivity index (χ2v) is 5.69. The Labute approximate surface area is 147 Å². The van der Waals surface area contributed by atoms with Crippen molar-refractivity contribution < 1.29 is 22.7 Å². The molecule has 2 heterocycles. The number of aromatic nitrogens is 1. The quantitative estimate of drug-likeness (QED) is 0.778. The Morgan fingerprint density at radius 2 is 1.81 bits per heavy atom. The van der Waals surface area contributed by atoms with Gasteiger partial charge in [-0.05, 0) is 36.4 Å². The van der Waals surface area contributed by atoms with E-state index in [0.29, 0.717) is 18.8 Å². The molecule has 0 spiro atoms. The molecule has 0 saturated carbocycles. The molecule has 0 radical (unpaired) electrons. The predicted molar refractivity (Wildman–Crippen MR) is 89.9 cm³/mol. The van der Waals surface area contributed by atoms with Crippen LogP contribution in [0, 0.1) is 0 Å². The molecule has 1 aliphatic heterocycles. The van der Waals surface area contributed by atoms with Crippen LogP contribution in [0.1, 0.15) is 17.4 Å². The van der Waals surface area contributed by atoms with Gasteiger partial charge < -0.3 is 20.7 Å². The standard InChI is InChI=1S/C17H17F3N4O2/c18-17(19,20)11-1-3-12(4-2-11)23-16(25)24-13-5-6-14(22-9-13)15-10-21-7-8-26-15/h1-6,9,15,21H,7-8,10H2,(H2,23,24,25). The highest BCUT2D eigenvalue weighted by molar-refractivity contribution is 5.99. The third kappa shape index (κ3) is 4.70. The highest BCUT2D eigenvalue weighted by Crippen LogP contribution is 2.29. The summed E-state index contributed by atoms with van der Waals surface area (Å²) in [7, 11) is 0. The van der Waals surface area contributed by atoms with Gasteiger partial charge >= 0.3 is 12.2 Å². The number of morpholine rings is 1. The Hall–Kier alpha value is -2.65. The number of hydrogen-bond acceptors (Lipinski definition) is 4. The molecule has 1 atom stereocenters. The molecule has 0 aliphatic carbocycles. The predicted octanol–water partition coefficient (Wildman–Crippen LogP) is 3.41. The van der Waals surface area contributed by atoms with E-state index in [2.05, 4.69) is 20.9 Å². The van der Waals surface area contributed by atoms with Crippen molar-refractivity contribution in [3.05, 3.63) is 53.9 Å². The maximum atomic E-state index is 12.5. The van der Waals surface area contributed by atoms with Crippen LogP contribution in [0.15, 0.2) is 42.6 Å². The van der Waals surface area contributed by atoms with Crippen molar-refractivity contribution in [3.8, 4) is 0 Å². The van der Waals surface area contributed by atoms with E-state index in [1.807, 2.05) is 0 Å². The number of nitrogens with one attached hydrogen (secondary N) is 3. The summed E-state index contributed by atoms with van der Waals surface area (Å²) in [6.07, 6.45) is -3.04. The van der Waals surface area contributed by atoms with Gasteiger partial charge in [0.05, 0.1) is 29.7 Å². The Kier molecular flexibility index (Phi) is 5.38. The van der Waals surface area contributed by atoms with Gasteiger partial charge in [0.15, 0.2) is 0 Å². The normalized spacial score (nSPS) is 17.6. The first-order valence-corrected chi connectivity index (χ1v) is 7.95. The lowest BCUT2D eigenvalue weighted by atomic mass is 10.2. The number of carbonyl (C=O) groups is 1. The number of carbonyl (C=O) groups excluding carboxylic acids is 1. The van der Waals surface area contributed by atoms with Gasteiger partial charge in [0.25, 0.3) is 0 Å². The summed E-state index contributed by atoms with van der Waals surface area (Å²) in [4.78, 5) is 16.2. The molecule has 1 aromatic heterocycles. The van der Waals surface area contributed by atoms with Crippen LogP contribution in [0.4, 0.5) is 29.3 Å². The average Bonchev–Trinajstić information content (AvgIpc) is 2.63. The highest BCUT2D eigenvalue weighted by Gasteiger charge is 2.30. The molecule has 3 N–H and O–H groups in total. The van der Waals surface area contributed by atoms with E-state index >= 15 is 0 Å². The van der Waals surface area contributed by atoms with Gasteiger partial charge in [-0.25, -0.2) is 4.79 Å². The van der Waals surface area contributed by atoms with E-state index in [9.17, 15) is 18.0 Å². The molecule has 0 bridgehead atoms. The molecule has 1 fully saturated rings. The van der Waals surface area contributed by atoms with Gasteiger partial charge in [-0.2, -0.15) is 13.2 Å². The Morgan fingerprint density at radius 1 is 1.12 bits per heavy atom. The van der Waals surface area contributed by atoms with Crippen LogP contribution in [0.3, 0.4) is 0 Å². The van der Waals surface area contributed by atoms with Crippen molar-refractivity contribution in [1.29, 1.82) is 0 Å². The van der Waals surface area contributed by atoms with E-state index < -0.39 is 17.8 Å². The first-order chi connectivity index (χ1) is 12.4. The fraction of sp³-hybridized carbons (Fsp3) is 0.294. The minimum atomic E-state index is -4.41. The first kappa shape index (κ1) is 18.2. The van der Waals surface area contributed by atoms with Gasteiger partial charge in [-0.1, -0.05) is 0 Å². The van der Waals surface area contributed by atoms with Crippen LogP contribution < -0.4 is 16.0 Å². The van der Waals surface area contributed by atoms with Crippen LogP contribution >= 0.6 is 0 Å². The molecule has 6 nitrogen and oxygen atoms in total. The molecule has 26 heavy (non-hydrogen) atoms. The number of halogens is 3. The van der Waals surface area contributed by atoms with Crippen LogP contribution in [0.5, 0.6) is 0 Å². The first-order valence-electron chi connectivity index (χ1n) is 7.95. The number of ether oxygens (including phenoxy) is 1. The fourth-order valence-electron chi connectivity index (χ4n) is 2.46. The summed E-state index contributed by atoms with van der Waals surface area (Å²) in [5.74, 6) is 0. The summed E-state index contributed by atoms with van der Waals surface area (Å²) in [5.41, 5.74) is 0.692. The Bertz CT molecular complexity index is 742. The summed E-state index contributed by atoms with van der Waals surface area (Å²) in [6.45, 7) is 2.09. The van der Waals surface area contributed by atoms with Crippen LogP contribution in [-0.2, 0) is 10.9 Å². The highest BCUT2D eigenvalue weighted by atomic mass is 19.4. The maximum Gasteiger partial charge on any atom is 0.416 e. The molecule has 138 valence electrons. The van der Waals surface area contributed by atoms with Crippen molar-refractivity contribution >= 4 is 17.4 Å². The molecule has 1 saturated heterocycles. The molecule has 3 rings (SSSR count). The Balaban J connectivity index is 1.56. The number of pyridine rings is 1. The van der Waals surface area contributed by atoms with Crippen molar-refractivity contribution in [2.45, 2.75) is 12.3 Å². The van der Waals surface area contributed by atoms with E-state index in [-0.39, 0.29) is 11.8 Å². The lowest BCUT2D eigenvalue weighted by Crippen LogP contribution is -2.33. The van der Waals surface area contributed by atoms with Gasteiger partial charge in [-0.15, -0.1) is 0 Å². The lowest BCUT2D eigenvalue weighted by Gasteiger charge is -2.23. The topological polar surface area (TPSA) is 75.3 Å². The third-order valence-corrected chi connectivity index (χ3v) is 3.77. The van der Waals surface area contributed by atoms with Crippen LogP contribution in [-0.4, -0.2) is 30.7 Å². The number of anilines is 2. The summed E-state index contributed by atoms with van der Waals surface area (Å²) < 4.78 is 43.1. The summed E-state index contributed by atoms with van der Waals surface area (Å²) >= 11 is 0. The largest absolute Gasteiger partial charge is 0.416 e. The van der Waals surface area contributed by atoms with Crippen molar-refractivity contribution in [2.75, 3.05) is 30.3 Å². The number of hydrogen-bond donors (Lipinski definition) is 3. The third-order valence-electron chi connectivity index (χ3n) is 3.77. The van der Waals surface area contributed by atoms with E-state index in [1.165, 1.54) is 18.3 Å². The molecule has 9 heteroatoms. The van der Waals surface area contributed by atoms with Crippen LogP contribution in [0.25, 0.3) is 0 Å². The van der Waals surface area contributed by atoms with Crippen molar-refractivity contribution in [2.24, 2.45) is 0 Å². The molecule has 1 unspecified atom stereocenters. The monoisotopic (exact) mass is 366 g/mol. The second kappa shape index (κ2) is 7.71. The number of benzene rings is 1. The zero-order valence-electron chi connectivity index (χ0n) is 13.6. The van der Waals surface area contributed by atoms with Crippen molar-refractivity contribution in [1.82, 2.24) is 10.3 Å². The van der Waals surface area contributed by atoms with E-state index in [0.717, 1.165) is 24.4 Å². The van der Waals surface area contributed by atoms with Crippen LogP contribution in [0.2, 0.25) is 0 Å². The van der Waals surface area contributed by atoms with E-state index in [4.69, 9.17) is 4.74 Å². The molecular formula is C17H17F3N4O2. The Morgan fingerprint density at radius 3 is 2.38 bits per heavy atom. The van der Waals surface area contributed by atoms with Gasteiger partial charge in [0.1, 0.15) is 6.10 Å². The SMILES string of the molecule is O=C(Nc1ccc(C(F)(F)F)cc1)Nc1ccc(C2CNCCO2)nc1. The number of amides is 2. The van der Waals surface area contributed by atoms with E-state index in [1.54, 1.807) is 12.1 Å². The number of nitrogens with zero attached hydrogens (tertiary/aromatic N) is 1. The summed E-state index contributed by atoms with van der Waals surface area (Å²) in [6, 6.07) is 7.07. The van der Waals surface area contributed by atoms with Gasteiger partial charge in [-0.3, -0.25) is 4.98 Å². The minimum Gasteiger partial charge on any atom is -0.369 e. The summed E-state index contributed by atoms with van der Waals surface area (Å²) in [5, 5.41) is 8.25. The zero-order valence-corrected chi connectivity index (χ0v) is 13.6. The minimum absolute atomic E-state index is 0.126. The zero-order chi connectivity index (χ0) is 18.6. The second-order valence-electron chi connectivity index (χ2n) is 5.69. The lowest BCUT2D eigenvalue weighted by molar-refractivity contribution is -0.137.